The molecule has 23 heavy (non-hydrogen) atoms. The lowest BCUT2D eigenvalue weighted by atomic mass is 9.94. The summed E-state index contributed by atoms with van der Waals surface area (Å²) >= 11 is 0. The highest BCUT2D eigenvalue weighted by atomic mass is 16.5. The number of carbonyl (C=O) groups is 2. The van der Waals surface area contributed by atoms with Crippen LogP contribution >= 0.6 is 0 Å². The van der Waals surface area contributed by atoms with Gasteiger partial charge in [-0.15, -0.1) is 0 Å². The molecule has 7 heteroatoms. The van der Waals surface area contributed by atoms with Crippen LogP contribution in [0.25, 0.3) is 0 Å². The van der Waals surface area contributed by atoms with Crippen LogP contribution in [0.5, 0.6) is 28.7 Å². The summed E-state index contributed by atoms with van der Waals surface area (Å²) in [6, 6.07) is 6.24. The van der Waals surface area contributed by atoms with Crippen LogP contribution in [-0.4, -0.2) is 34.0 Å². The molecule has 0 saturated heterocycles. The van der Waals surface area contributed by atoms with Gasteiger partial charge in [0, 0.05) is 17.7 Å². The Morgan fingerprint density at radius 3 is 2.43 bits per heavy atom. The summed E-state index contributed by atoms with van der Waals surface area (Å²) in [4.78, 5) is 24.4. The Hall–Kier alpha value is -3.22. The lowest BCUT2D eigenvalue weighted by molar-refractivity contribution is -0.122. The average molecular weight is 316 g/mol. The molecule has 0 saturated carbocycles. The van der Waals surface area contributed by atoms with E-state index < -0.39 is 23.4 Å². The molecule has 3 rings (SSSR count). The number of ether oxygens (including phenoxy) is 2. The van der Waals surface area contributed by atoms with Crippen molar-refractivity contribution in [2.24, 2.45) is 0 Å². The summed E-state index contributed by atoms with van der Waals surface area (Å²) in [6.45, 7) is 0. The van der Waals surface area contributed by atoms with E-state index in [1.807, 2.05) is 0 Å². The normalized spacial score (nSPS) is 16.7. The molecule has 0 amide bonds. The quantitative estimate of drug-likeness (QED) is 0.723. The predicted octanol–water partition coefficient (Wildman–Crippen LogP) is 1.70. The fourth-order valence-corrected chi connectivity index (χ4v) is 2.42. The molecular weight excluding hydrogens is 304 g/mol. The van der Waals surface area contributed by atoms with Gasteiger partial charge in [-0.05, 0) is 12.1 Å². The molecule has 7 nitrogen and oxygen atoms in total. The smallest absolute Gasteiger partial charge is 0.248 e. The highest BCUT2D eigenvalue weighted by molar-refractivity contribution is 6.47. The zero-order valence-electron chi connectivity index (χ0n) is 11.9. The first kappa shape index (κ1) is 14.7. The number of aromatic hydroxyl groups is 3. The fourth-order valence-electron chi connectivity index (χ4n) is 2.42. The van der Waals surface area contributed by atoms with Gasteiger partial charge in [0.05, 0.1) is 7.11 Å². The Bertz CT molecular complexity index is 825. The molecule has 118 valence electrons. The van der Waals surface area contributed by atoms with Crippen LogP contribution in [0.3, 0.4) is 0 Å². The second-order valence-electron chi connectivity index (χ2n) is 4.96. The van der Waals surface area contributed by atoms with Gasteiger partial charge in [0.25, 0.3) is 0 Å². The topological polar surface area (TPSA) is 113 Å². The molecule has 1 atom stereocenters. The van der Waals surface area contributed by atoms with E-state index in [0.717, 1.165) is 12.1 Å². The summed E-state index contributed by atoms with van der Waals surface area (Å²) in [7, 11) is 1.38. The molecule has 2 aromatic carbocycles. The van der Waals surface area contributed by atoms with Crippen molar-refractivity contribution in [2.45, 2.75) is 6.10 Å². The predicted molar refractivity (Wildman–Crippen MR) is 77.1 cm³/mol. The van der Waals surface area contributed by atoms with Crippen molar-refractivity contribution >= 4 is 11.6 Å². The maximum absolute atomic E-state index is 12.2. The third kappa shape index (κ3) is 2.32. The van der Waals surface area contributed by atoms with Gasteiger partial charge in [0.1, 0.15) is 22.8 Å². The third-order valence-corrected chi connectivity index (χ3v) is 3.51. The monoisotopic (exact) mass is 316 g/mol. The average Bonchev–Trinajstić information content (AvgIpc) is 2.50. The molecule has 0 aromatic heterocycles. The van der Waals surface area contributed by atoms with Crippen molar-refractivity contribution in [3.63, 3.8) is 0 Å². The number of rotatable bonds is 2. The van der Waals surface area contributed by atoms with Crippen LogP contribution in [-0.2, 0) is 4.79 Å². The Morgan fingerprint density at radius 1 is 1.04 bits per heavy atom. The molecule has 0 fully saturated rings. The van der Waals surface area contributed by atoms with Gasteiger partial charge in [-0.1, -0.05) is 6.07 Å². The van der Waals surface area contributed by atoms with Crippen molar-refractivity contribution in [3.8, 4) is 28.7 Å². The summed E-state index contributed by atoms with van der Waals surface area (Å²) in [6.07, 6.45) is -1.28. The Morgan fingerprint density at radius 2 is 1.78 bits per heavy atom. The zero-order valence-corrected chi connectivity index (χ0v) is 11.9. The van der Waals surface area contributed by atoms with Gasteiger partial charge in [0.2, 0.25) is 11.6 Å². The van der Waals surface area contributed by atoms with Crippen LogP contribution in [0.2, 0.25) is 0 Å². The molecule has 3 N–H and O–H groups in total. The van der Waals surface area contributed by atoms with Gasteiger partial charge in [-0.2, -0.15) is 0 Å². The summed E-state index contributed by atoms with van der Waals surface area (Å²) in [5, 5.41) is 29.0. The summed E-state index contributed by atoms with van der Waals surface area (Å²) in [5.41, 5.74) is -0.0445. The number of ketones is 2. The van der Waals surface area contributed by atoms with Gasteiger partial charge >= 0.3 is 0 Å². The molecule has 2 aromatic rings. The third-order valence-electron chi connectivity index (χ3n) is 3.51. The summed E-state index contributed by atoms with van der Waals surface area (Å²) < 4.78 is 10.4. The number of hydrogen-bond acceptors (Lipinski definition) is 7. The molecule has 0 aliphatic carbocycles. The number of carbonyl (C=O) groups excluding carboxylic acids is 2. The van der Waals surface area contributed by atoms with E-state index in [-0.39, 0.29) is 34.1 Å². The second kappa shape index (κ2) is 5.20. The first-order chi connectivity index (χ1) is 10.9. The first-order valence-corrected chi connectivity index (χ1v) is 6.60. The Balaban J connectivity index is 2.07. The number of phenols is 3. The highest BCUT2D eigenvalue weighted by Gasteiger charge is 2.39. The molecule has 1 heterocycles. The molecule has 0 bridgehead atoms. The summed E-state index contributed by atoms with van der Waals surface area (Å²) in [5.74, 6) is -2.76. The Kier molecular flexibility index (Phi) is 3.33. The Labute approximate surface area is 130 Å². The van der Waals surface area contributed by atoms with E-state index in [1.54, 1.807) is 0 Å². The number of Topliss-reactive ketones (excluding diaryl/α,β-unsaturated/α-hetero) is 2. The molecular formula is C16H12O7. The number of phenolic OH excluding ortho intramolecular Hbond substituents is 3. The fraction of sp³-hybridized carbons (Fsp3) is 0.125. The van der Waals surface area contributed by atoms with Crippen molar-refractivity contribution in [3.05, 3.63) is 41.5 Å². The van der Waals surface area contributed by atoms with Crippen LogP contribution in [0, 0.1) is 0 Å². The van der Waals surface area contributed by atoms with E-state index in [9.17, 15) is 24.9 Å². The van der Waals surface area contributed by atoms with Gasteiger partial charge in [0.15, 0.2) is 17.6 Å². The van der Waals surface area contributed by atoms with E-state index in [2.05, 4.69) is 0 Å². The zero-order chi connectivity index (χ0) is 16.7. The van der Waals surface area contributed by atoms with Gasteiger partial charge in [-0.25, -0.2) is 0 Å². The number of benzene rings is 2. The maximum atomic E-state index is 12.2. The van der Waals surface area contributed by atoms with Crippen molar-refractivity contribution in [1.29, 1.82) is 0 Å². The van der Waals surface area contributed by atoms with Crippen molar-refractivity contribution < 1.29 is 34.4 Å². The molecule has 0 spiro atoms. The minimum absolute atomic E-state index is 0.104. The minimum atomic E-state index is -1.28. The molecule has 1 aliphatic heterocycles. The first-order valence-electron chi connectivity index (χ1n) is 6.60. The van der Waals surface area contributed by atoms with Crippen LogP contribution in [0.4, 0.5) is 0 Å². The maximum Gasteiger partial charge on any atom is 0.248 e. The van der Waals surface area contributed by atoms with Gasteiger partial charge < -0.3 is 24.8 Å². The van der Waals surface area contributed by atoms with E-state index >= 15 is 0 Å². The second-order valence-corrected chi connectivity index (χ2v) is 4.96. The lowest BCUT2D eigenvalue weighted by Gasteiger charge is -2.25. The minimum Gasteiger partial charge on any atom is -0.508 e. The SMILES string of the molecule is COc1ccc(C2Oc3cc(O)cc(O)c3C(=O)C2=O)cc1O. The number of hydrogen-bond donors (Lipinski definition) is 3. The lowest BCUT2D eigenvalue weighted by Crippen LogP contribution is -2.31. The van der Waals surface area contributed by atoms with Crippen LogP contribution < -0.4 is 9.47 Å². The highest BCUT2D eigenvalue weighted by Crippen LogP contribution is 2.41. The van der Waals surface area contributed by atoms with Gasteiger partial charge in [-0.3, -0.25) is 9.59 Å². The van der Waals surface area contributed by atoms with E-state index in [1.165, 1.54) is 25.3 Å². The van der Waals surface area contributed by atoms with E-state index in [4.69, 9.17) is 9.47 Å². The standard InChI is InChI=1S/C16H12O7/c1-22-11-3-2-7(4-9(11)18)16-15(21)14(20)13-10(19)5-8(17)6-12(13)23-16/h2-6,16-19H,1H3. The van der Waals surface area contributed by atoms with Crippen molar-refractivity contribution in [2.75, 3.05) is 7.11 Å². The number of fused-ring (bicyclic) bond motifs is 1. The molecule has 1 aliphatic rings. The van der Waals surface area contributed by atoms with Crippen molar-refractivity contribution in [1.82, 2.24) is 0 Å². The molecule has 0 radical (unpaired) electrons. The largest absolute Gasteiger partial charge is 0.508 e. The molecule has 1 unspecified atom stereocenters. The van der Waals surface area contributed by atoms with E-state index in [0.29, 0.717) is 0 Å². The van der Waals surface area contributed by atoms with Crippen LogP contribution in [0.15, 0.2) is 30.3 Å². The number of methoxy groups -OCH3 is 1. The van der Waals surface area contributed by atoms with Crippen LogP contribution in [0.1, 0.15) is 22.0 Å².